The molecule has 0 unspecified atom stereocenters. The van der Waals surface area contributed by atoms with E-state index in [4.69, 9.17) is 13.9 Å². The van der Waals surface area contributed by atoms with Gasteiger partial charge in [-0.3, -0.25) is 14.9 Å². The lowest BCUT2D eigenvalue weighted by atomic mass is 10.1. The van der Waals surface area contributed by atoms with Crippen molar-refractivity contribution in [1.82, 2.24) is 0 Å². The lowest BCUT2D eigenvalue weighted by molar-refractivity contribution is -0.478. The largest absolute Gasteiger partial charge is 0.414 e. The molecule has 0 aromatic carbocycles. The second kappa shape index (κ2) is 6.96. The molecule has 1 aliphatic rings. The van der Waals surface area contributed by atoms with Crippen molar-refractivity contribution in [2.75, 3.05) is 13.2 Å². The summed E-state index contributed by atoms with van der Waals surface area (Å²) >= 11 is 0. The predicted octanol–water partition coefficient (Wildman–Crippen LogP) is 2.76. The van der Waals surface area contributed by atoms with Gasteiger partial charge in [0.1, 0.15) is 12.2 Å². The van der Waals surface area contributed by atoms with E-state index in [-0.39, 0.29) is 23.8 Å². The Balaban J connectivity index is 2.74. The Bertz CT molecular complexity index is 457. The Morgan fingerprint density at radius 3 is 2.35 bits per heavy atom. The van der Waals surface area contributed by atoms with Gasteiger partial charge in [0.15, 0.2) is 19.9 Å². The SMILES string of the molecule is CC1(C)O[C@@H](CO[Si](C)(C)C(C)(C)C)[C@H](C(=O)CC[N+](=O)[O-])O1. The number of nitro groups is 1. The number of ketones is 1. The van der Waals surface area contributed by atoms with E-state index in [1.807, 2.05) is 0 Å². The molecule has 0 aromatic heterocycles. The number of ether oxygens (including phenoxy) is 2. The predicted molar refractivity (Wildman–Crippen MR) is 88.5 cm³/mol. The summed E-state index contributed by atoms with van der Waals surface area (Å²) in [5.41, 5.74) is 0. The zero-order valence-corrected chi connectivity index (χ0v) is 16.2. The first-order valence-corrected chi connectivity index (χ1v) is 10.8. The van der Waals surface area contributed by atoms with Crippen LogP contribution in [0.2, 0.25) is 18.1 Å². The van der Waals surface area contributed by atoms with Crippen LogP contribution in [-0.2, 0) is 18.7 Å². The van der Waals surface area contributed by atoms with E-state index >= 15 is 0 Å². The number of Topliss-reactive ketones (excluding diaryl/α,β-unsaturated/α-hetero) is 1. The minimum Gasteiger partial charge on any atom is -0.414 e. The Kier molecular flexibility index (Phi) is 6.12. The van der Waals surface area contributed by atoms with Gasteiger partial charge < -0.3 is 13.9 Å². The highest BCUT2D eigenvalue weighted by Crippen LogP contribution is 2.38. The summed E-state index contributed by atoms with van der Waals surface area (Å²) in [7, 11) is -1.97. The first-order valence-electron chi connectivity index (χ1n) is 7.89. The van der Waals surface area contributed by atoms with Gasteiger partial charge in [0.2, 0.25) is 6.54 Å². The third-order valence-electron chi connectivity index (χ3n) is 4.46. The van der Waals surface area contributed by atoms with Crippen molar-refractivity contribution in [3.8, 4) is 0 Å². The summed E-state index contributed by atoms with van der Waals surface area (Å²) in [6, 6.07) is 0. The molecule has 0 N–H and O–H groups in total. The maximum Gasteiger partial charge on any atom is 0.210 e. The normalized spacial score (nSPS) is 24.7. The Labute approximate surface area is 139 Å². The summed E-state index contributed by atoms with van der Waals surface area (Å²) in [4.78, 5) is 22.2. The fourth-order valence-electron chi connectivity index (χ4n) is 2.08. The van der Waals surface area contributed by atoms with Gasteiger partial charge in [-0.05, 0) is 32.0 Å². The topological polar surface area (TPSA) is 87.9 Å². The molecule has 1 rings (SSSR count). The molecule has 1 aliphatic heterocycles. The van der Waals surface area contributed by atoms with E-state index in [1.54, 1.807) is 13.8 Å². The summed E-state index contributed by atoms with van der Waals surface area (Å²) in [6.45, 7) is 14.0. The first-order chi connectivity index (χ1) is 10.3. The highest BCUT2D eigenvalue weighted by molar-refractivity contribution is 6.74. The molecule has 2 atom stereocenters. The molecule has 0 aromatic rings. The van der Waals surface area contributed by atoms with E-state index in [2.05, 4.69) is 33.9 Å². The minimum atomic E-state index is -1.97. The molecule has 0 radical (unpaired) electrons. The molecular formula is C15H29NO6Si. The van der Waals surface area contributed by atoms with Crippen molar-refractivity contribution in [2.45, 2.75) is 77.2 Å². The van der Waals surface area contributed by atoms with Gasteiger partial charge in [0.25, 0.3) is 0 Å². The molecule has 0 aliphatic carbocycles. The van der Waals surface area contributed by atoms with Crippen molar-refractivity contribution in [3.63, 3.8) is 0 Å². The number of carbonyl (C=O) groups is 1. The third-order valence-corrected chi connectivity index (χ3v) is 8.96. The second-order valence-corrected chi connectivity index (χ2v) is 12.7. The quantitative estimate of drug-likeness (QED) is 0.400. The van der Waals surface area contributed by atoms with Gasteiger partial charge in [0.05, 0.1) is 13.0 Å². The van der Waals surface area contributed by atoms with Crippen molar-refractivity contribution in [2.24, 2.45) is 0 Å². The highest BCUT2D eigenvalue weighted by atomic mass is 28.4. The molecule has 8 heteroatoms. The summed E-state index contributed by atoms with van der Waals surface area (Å²) in [5.74, 6) is -1.20. The molecule has 0 spiro atoms. The Morgan fingerprint density at radius 2 is 1.87 bits per heavy atom. The standard InChI is InChI=1S/C15H29NO6Si/c1-14(2,3)23(6,7)20-10-12-13(22-15(4,5)21-12)11(17)8-9-16(18)19/h12-13H,8-10H2,1-7H3/t12-,13-/m0/s1. The van der Waals surface area contributed by atoms with Crippen LogP contribution >= 0.6 is 0 Å². The van der Waals surface area contributed by atoms with Gasteiger partial charge >= 0.3 is 0 Å². The molecule has 1 saturated heterocycles. The van der Waals surface area contributed by atoms with Crippen molar-refractivity contribution < 1.29 is 23.6 Å². The first kappa shape index (κ1) is 20.2. The van der Waals surface area contributed by atoms with Gasteiger partial charge in [-0.2, -0.15) is 0 Å². The highest BCUT2D eigenvalue weighted by Gasteiger charge is 2.46. The van der Waals surface area contributed by atoms with E-state index in [9.17, 15) is 14.9 Å². The third kappa shape index (κ3) is 5.63. The minimum absolute atomic E-state index is 0.0487. The smallest absolute Gasteiger partial charge is 0.210 e. The summed E-state index contributed by atoms with van der Waals surface area (Å²) < 4.78 is 17.6. The van der Waals surface area contributed by atoms with Crippen LogP contribution in [0.3, 0.4) is 0 Å². The monoisotopic (exact) mass is 347 g/mol. The lowest BCUT2D eigenvalue weighted by Crippen LogP contribution is -2.45. The van der Waals surface area contributed by atoms with Crippen LogP contribution in [-0.4, -0.2) is 50.2 Å². The van der Waals surface area contributed by atoms with E-state index in [0.29, 0.717) is 0 Å². The van der Waals surface area contributed by atoms with Crippen molar-refractivity contribution >= 4 is 14.1 Å². The average Bonchev–Trinajstić information content (AvgIpc) is 2.67. The number of rotatable bonds is 7. The molecule has 23 heavy (non-hydrogen) atoms. The van der Waals surface area contributed by atoms with E-state index in [1.165, 1.54) is 0 Å². The fraction of sp³-hybridized carbons (Fsp3) is 0.933. The molecular weight excluding hydrogens is 318 g/mol. The number of nitrogens with zero attached hydrogens (tertiary/aromatic N) is 1. The van der Waals surface area contributed by atoms with Crippen LogP contribution in [0.5, 0.6) is 0 Å². The summed E-state index contributed by atoms with van der Waals surface area (Å²) in [6.07, 6.45) is -1.50. The van der Waals surface area contributed by atoms with Crippen LogP contribution in [0.25, 0.3) is 0 Å². The maximum atomic E-state index is 12.2. The lowest BCUT2D eigenvalue weighted by Gasteiger charge is -2.37. The Morgan fingerprint density at radius 1 is 1.30 bits per heavy atom. The van der Waals surface area contributed by atoms with E-state index < -0.39 is 37.8 Å². The van der Waals surface area contributed by atoms with Gasteiger partial charge in [-0.25, -0.2) is 0 Å². The van der Waals surface area contributed by atoms with Gasteiger partial charge in [-0.1, -0.05) is 20.8 Å². The maximum absolute atomic E-state index is 12.2. The molecule has 134 valence electrons. The number of hydrogen-bond acceptors (Lipinski definition) is 6. The molecule has 7 nitrogen and oxygen atoms in total. The van der Waals surface area contributed by atoms with Crippen molar-refractivity contribution in [3.05, 3.63) is 10.1 Å². The molecule has 0 bridgehead atoms. The molecule has 0 saturated carbocycles. The zero-order chi connectivity index (χ0) is 18.1. The van der Waals surface area contributed by atoms with Crippen LogP contribution in [0, 0.1) is 10.1 Å². The van der Waals surface area contributed by atoms with Crippen LogP contribution < -0.4 is 0 Å². The number of hydrogen-bond donors (Lipinski definition) is 0. The second-order valence-electron chi connectivity index (χ2n) is 7.94. The fourth-order valence-corrected chi connectivity index (χ4v) is 3.09. The molecule has 1 heterocycles. The molecule has 1 fully saturated rings. The zero-order valence-electron chi connectivity index (χ0n) is 15.2. The van der Waals surface area contributed by atoms with Crippen molar-refractivity contribution in [1.29, 1.82) is 0 Å². The Hall–Kier alpha value is -0.833. The summed E-state index contributed by atoms with van der Waals surface area (Å²) in [5, 5.41) is 10.5. The van der Waals surface area contributed by atoms with Crippen LogP contribution in [0.1, 0.15) is 41.0 Å². The van der Waals surface area contributed by atoms with Crippen LogP contribution in [0.15, 0.2) is 0 Å². The van der Waals surface area contributed by atoms with E-state index in [0.717, 1.165) is 0 Å². The van der Waals surface area contributed by atoms with Crippen LogP contribution in [0.4, 0.5) is 0 Å². The van der Waals surface area contributed by atoms with Gasteiger partial charge in [0, 0.05) is 4.92 Å². The molecule has 0 amide bonds. The van der Waals surface area contributed by atoms with Gasteiger partial charge in [-0.15, -0.1) is 0 Å². The number of carbonyl (C=O) groups excluding carboxylic acids is 1. The average molecular weight is 347 g/mol.